The molecule has 1 fully saturated rings. The molecule has 1 saturated heterocycles. The van der Waals surface area contributed by atoms with Gasteiger partial charge in [-0.25, -0.2) is 0 Å². The van der Waals surface area contributed by atoms with Crippen molar-refractivity contribution in [1.29, 1.82) is 0 Å². The van der Waals surface area contributed by atoms with Gasteiger partial charge in [0.2, 0.25) is 0 Å². The van der Waals surface area contributed by atoms with Gasteiger partial charge in [0.1, 0.15) is 12.2 Å². The second-order valence-electron chi connectivity index (χ2n) is 10.3. The molecule has 1 heterocycles. The van der Waals surface area contributed by atoms with Crippen LogP contribution in [0.3, 0.4) is 0 Å². The Balaban J connectivity index is 1.76. The van der Waals surface area contributed by atoms with Gasteiger partial charge in [-0.05, 0) is 62.9 Å². The van der Waals surface area contributed by atoms with Gasteiger partial charge in [0.05, 0.1) is 17.9 Å². The van der Waals surface area contributed by atoms with Gasteiger partial charge in [-0.2, -0.15) is 0 Å². The maximum atomic E-state index is 12.9. The number of rotatable bonds is 6. The number of allylic oxidation sites excluding steroid dienone is 3. The summed E-state index contributed by atoms with van der Waals surface area (Å²) in [5.74, 6) is 0.776. The number of carbonyl (C=O) groups is 2. The molecule has 30 heavy (non-hydrogen) atoms. The molecule has 5 nitrogen and oxygen atoms in total. The summed E-state index contributed by atoms with van der Waals surface area (Å²) in [5, 5.41) is 9.92. The van der Waals surface area contributed by atoms with E-state index in [9.17, 15) is 14.7 Å². The van der Waals surface area contributed by atoms with Gasteiger partial charge < -0.3 is 14.6 Å². The van der Waals surface area contributed by atoms with Crippen LogP contribution in [0, 0.1) is 29.1 Å². The molecule has 0 spiro atoms. The van der Waals surface area contributed by atoms with Crippen molar-refractivity contribution in [1.82, 2.24) is 0 Å². The molecular formula is C25H38O5. The molecule has 3 aliphatic rings. The van der Waals surface area contributed by atoms with Gasteiger partial charge in [0, 0.05) is 12.3 Å². The monoisotopic (exact) mass is 418 g/mol. The fourth-order valence-corrected chi connectivity index (χ4v) is 5.08. The van der Waals surface area contributed by atoms with Gasteiger partial charge in [0.25, 0.3) is 0 Å². The van der Waals surface area contributed by atoms with Crippen LogP contribution in [0.25, 0.3) is 0 Å². The van der Waals surface area contributed by atoms with E-state index in [4.69, 9.17) is 9.47 Å². The van der Waals surface area contributed by atoms with E-state index in [0.29, 0.717) is 24.2 Å². The number of ether oxygens (including phenoxy) is 2. The van der Waals surface area contributed by atoms with Crippen LogP contribution in [-0.4, -0.2) is 35.4 Å². The van der Waals surface area contributed by atoms with E-state index >= 15 is 0 Å². The van der Waals surface area contributed by atoms with Crippen LogP contribution in [0.1, 0.15) is 73.1 Å². The van der Waals surface area contributed by atoms with Crippen molar-refractivity contribution >= 4 is 11.9 Å². The average Bonchev–Trinajstić information content (AvgIpc) is 2.66. The van der Waals surface area contributed by atoms with Crippen LogP contribution in [0.2, 0.25) is 0 Å². The molecule has 0 aromatic heterocycles. The second kappa shape index (κ2) is 9.25. The summed E-state index contributed by atoms with van der Waals surface area (Å²) in [7, 11) is 0. The molecule has 3 rings (SSSR count). The SMILES string of the molecule is CCC(C)(C)C(=O)O[C@H]1CC(C)C=C2C=C[C@H](C)[C@H](CCC3C[C@@H](O)CC(=O)O3)[C@H]21. The Hall–Kier alpha value is -1.62. The van der Waals surface area contributed by atoms with Crippen LogP contribution >= 0.6 is 0 Å². The van der Waals surface area contributed by atoms with Crippen LogP contribution in [0.15, 0.2) is 23.8 Å². The molecule has 5 heteroatoms. The Kier molecular flexibility index (Phi) is 7.11. The third kappa shape index (κ3) is 5.16. The van der Waals surface area contributed by atoms with Crippen molar-refractivity contribution in [3.8, 4) is 0 Å². The summed E-state index contributed by atoms with van der Waals surface area (Å²) in [6.45, 7) is 10.3. The van der Waals surface area contributed by atoms with E-state index in [-0.39, 0.29) is 36.5 Å². The van der Waals surface area contributed by atoms with E-state index in [1.807, 2.05) is 20.8 Å². The molecular weight excluding hydrogens is 380 g/mol. The minimum absolute atomic E-state index is 0.0949. The van der Waals surface area contributed by atoms with Gasteiger partial charge in [0.15, 0.2) is 0 Å². The minimum atomic E-state index is -0.601. The van der Waals surface area contributed by atoms with E-state index < -0.39 is 11.5 Å². The largest absolute Gasteiger partial charge is 0.462 e. The highest BCUT2D eigenvalue weighted by Gasteiger charge is 2.43. The van der Waals surface area contributed by atoms with Crippen molar-refractivity contribution < 1.29 is 24.2 Å². The maximum Gasteiger partial charge on any atom is 0.311 e. The summed E-state index contributed by atoms with van der Waals surface area (Å²) in [6, 6.07) is 0. The molecule has 0 bridgehead atoms. The summed E-state index contributed by atoms with van der Waals surface area (Å²) >= 11 is 0. The Morgan fingerprint density at radius 1 is 1.27 bits per heavy atom. The van der Waals surface area contributed by atoms with Gasteiger partial charge >= 0.3 is 11.9 Å². The topological polar surface area (TPSA) is 72.8 Å². The molecule has 0 saturated carbocycles. The minimum Gasteiger partial charge on any atom is -0.462 e. The number of aliphatic hydroxyl groups excluding tert-OH is 1. The molecule has 168 valence electrons. The first-order valence-electron chi connectivity index (χ1n) is 11.6. The summed E-state index contributed by atoms with van der Waals surface area (Å²) < 4.78 is 11.6. The Morgan fingerprint density at radius 2 is 2.00 bits per heavy atom. The number of carbonyl (C=O) groups excluding carboxylic acids is 2. The van der Waals surface area contributed by atoms with Crippen LogP contribution in [-0.2, 0) is 19.1 Å². The summed E-state index contributed by atoms with van der Waals surface area (Å²) in [6.07, 6.45) is 9.61. The molecule has 0 radical (unpaired) electrons. The molecule has 7 atom stereocenters. The summed E-state index contributed by atoms with van der Waals surface area (Å²) in [5.41, 5.74) is 0.785. The van der Waals surface area contributed by atoms with Crippen LogP contribution in [0.5, 0.6) is 0 Å². The van der Waals surface area contributed by atoms with Crippen LogP contribution in [0.4, 0.5) is 0 Å². The third-order valence-corrected chi connectivity index (χ3v) is 7.35. The fraction of sp³-hybridized carbons (Fsp3) is 0.760. The molecule has 0 aromatic carbocycles. The Bertz CT molecular complexity index is 706. The Morgan fingerprint density at radius 3 is 2.67 bits per heavy atom. The van der Waals surface area contributed by atoms with Crippen molar-refractivity contribution in [3.05, 3.63) is 23.8 Å². The smallest absolute Gasteiger partial charge is 0.311 e. The van der Waals surface area contributed by atoms with E-state index in [1.54, 1.807) is 0 Å². The molecule has 1 N–H and O–H groups in total. The number of esters is 2. The first-order valence-corrected chi connectivity index (χ1v) is 11.6. The second-order valence-corrected chi connectivity index (χ2v) is 10.3. The van der Waals surface area contributed by atoms with E-state index in [2.05, 4.69) is 32.1 Å². The first-order chi connectivity index (χ1) is 14.1. The zero-order valence-corrected chi connectivity index (χ0v) is 19.1. The summed E-state index contributed by atoms with van der Waals surface area (Å²) in [4.78, 5) is 24.6. The highest BCUT2D eigenvalue weighted by atomic mass is 16.6. The van der Waals surface area contributed by atoms with E-state index in [0.717, 1.165) is 25.7 Å². The fourth-order valence-electron chi connectivity index (χ4n) is 5.08. The molecule has 1 aliphatic heterocycles. The first kappa shape index (κ1) is 23.1. The van der Waals surface area contributed by atoms with Crippen LogP contribution < -0.4 is 0 Å². The maximum absolute atomic E-state index is 12.9. The highest BCUT2D eigenvalue weighted by Crippen LogP contribution is 2.45. The number of cyclic esters (lactones) is 1. The molecule has 0 amide bonds. The third-order valence-electron chi connectivity index (χ3n) is 7.35. The van der Waals surface area contributed by atoms with Crippen molar-refractivity contribution in [2.24, 2.45) is 29.1 Å². The normalized spacial score (nSPS) is 36.5. The lowest BCUT2D eigenvalue weighted by Gasteiger charge is -2.44. The molecule has 0 aromatic rings. The van der Waals surface area contributed by atoms with Crippen molar-refractivity contribution in [2.75, 3.05) is 0 Å². The lowest BCUT2D eigenvalue weighted by atomic mass is 9.65. The van der Waals surface area contributed by atoms with Gasteiger partial charge in [-0.1, -0.05) is 39.0 Å². The standard InChI is InChI=1S/C25H38O5/c1-6-25(4,5)24(28)30-21-12-15(2)11-17-8-7-16(3)20(23(17)21)10-9-19-13-18(26)14-22(27)29-19/h7-8,11,15-16,18-21,23,26H,6,9-10,12-14H2,1-5H3/t15?,16-,18+,19?,20-,21-,23-/m0/s1. The lowest BCUT2D eigenvalue weighted by Crippen LogP contribution is -2.43. The average molecular weight is 419 g/mol. The number of hydrogen-bond acceptors (Lipinski definition) is 5. The van der Waals surface area contributed by atoms with Crippen molar-refractivity contribution in [2.45, 2.75) is 91.5 Å². The molecule has 2 aliphatic carbocycles. The zero-order chi connectivity index (χ0) is 22.1. The predicted molar refractivity (Wildman–Crippen MR) is 115 cm³/mol. The number of fused-ring (bicyclic) bond motifs is 1. The zero-order valence-electron chi connectivity index (χ0n) is 19.1. The number of aliphatic hydroxyl groups is 1. The van der Waals surface area contributed by atoms with Crippen molar-refractivity contribution in [3.63, 3.8) is 0 Å². The quantitative estimate of drug-likeness (QED) is 0.639. The van der Waals surface area contributed by atoms with Gasteiger partial charge in [-0.15, -0.1) is 0 Å². The highest BCUT2D eigenvalue weighted by molar-refractivity contribution is 5.76. The predicted octanol–water partition coefficient (Wildman–Crippen LogP) is 4.59. The van der Waals surface area contributed by atoms with E-state index in [1.165, 1.54) is 5.57 Å². The lowest BCUT2D eigenvalue weighted by molar-refractivity contribution is -0.166. The number of hydrogen-bond donors (Lipinski definition) is 1. The Labute approximate surface area is 180 Å². The molecule has 2 unspecified atom stereocenters. The van der Waals surface area contributed by atoms with Gasteiger partial charge in [-0.3, -0.25) is 9.59 Å².